The van der Waals surface area contributed by atoms with E-state index in [1.54, 1.807) is 6.07 Å². The zero-order valence-corrected chi connectivity index (χ0v) is 16.8. The van der Waals surface area contributed by atoms with Gasteiger partial charge in [0.15, 0.2) is 17.3 Å². The first-order valence-corrected chi connectivity index (χ1v) is 9.66. The molecule has 2 aliphatic rings. The molecular formula is C23H26ClNO3. The molecule has 0 atom stereocenters. The van der Waals surface area contributed by atoms with Crippen LogP contribution in [0.3, 0.4) is 0 Å². The van der Waals surface area contributed by atoms with Gasteiger partial charge in [0.05, 0.1) is 7.11 Å². The Labute approximate surface area is 172 Å². The Bertz CT molecular complexity index is 883. The topological polar surface area (TPSA) is 58.6 Å². The van der Waals surface area contributed by atoms with Crippen LogP contribution in [0.25, 0.3) is 6.08 Å². The molecule has 0 spiro atoms. The van der Waals surface area contributed by atoms with Gasteiger partial charge in [0, 0.05) is 29.3 Å². The molecule has 0 saturated heterocycles. The fraction of sp³-hybridized carbons (Fsp3) is 0.348. The van der Waals surface area contributed by atoms with Gasteiger partial charge in [-0.2, -0.15) is 0 Å². The molecule has 0 radical (unpaired) electrons. The summed E-state index contributed by atoms with van der Waals surface area (Å²) < 4.78 is 5.15. The smallest absolute Gasteiger partial charge is 0.189 e. The fourth-order valence-corrected chi connectivity index (χ4v) is 4.07. The number of methoxy groups -OCH3 is 1. The van der Waals surface area contributed by atoms with Crippen LogP contribution in [0.1, 0.15) is 53.6 Å². The Kier molecular flexibility index (Phi) is 6.30. The van der Waals surface area contributed by atoms with Crippen molar-refractivity contribution in [1.82, 2.24) is 0 Å². The summed E-state index contributed by atoms with van der Waals surface area (Å²) in [7, 11) is 1.51. The van der Waals surface area contributed by atoms with Crippen LogP contribution in [0, 0.1) is 0 Å². The Morgan fingerprint density at radius 3 is 2.50 bits per heavy atom. The molecule has 2 aromatic carbocycles. The monoisotopic (exact) mass is 399 g/mol. The summed E-state index contributed by atoms with van der Waals surface area (Å²) in [5.74, 6) is 0.386. The molecule has 28 heavy (non-hydrogen) atoms. The van der Waals surface area contributed by atoms with Crippen LogP contribution in [0.2, 0.25) is 0 Å². The number of carbonyl (C=O) groups excluding carboxylic acids is 1. The quantitative estimate of drug-likeness (QED) is 0.677. The highest BCUT2D eigenvalue weighted by Crippen LogP contribution is 2.36. The average Bonchev–Trinajstić information content (AvgIpc) is 2.98. The molecule has 2 aromatic rings. The predicted molar refractivity (Wildman–Crippen MR) is 115 cm³/mol. The lowest BCUT2D eigenvalue weighted by atomic mass is 9.95. The van der Waals surface area contributed by atoms with Gasteiger partial charge in [-0.15, -0.1) is 12.4 Å². The zero-order chi connectivity index (χ0) is 18.8. The first kappa shape index (κ1) is 20.3. The second-order valence-electron chi connectivity index (χ2n) is 7.46. The van der Waals surface area contributed by atoms with Gasteiger partial charge in [0.2, 0.25) is 0 Å². The highest BCUT2D eigenvalue weighted by Gasteiger charge is 2.26. The molecule has 4 nitrogen and oxygen atoms in total. The number of nitrogens with one attached hydrogen (secondary N) is 1. The third-order valence-electron chi connectivity index (χ3n) is 5.55. The van der Waals surface area contributed by atoms with Gasteiger partial charge in [-0.05, 0) is 54.3 Å². The zero-order valence-electron chi connectivity index (χ0n) is 16.0. The van der Waals surface area contributed by atoms with Gasteiger partial charge >= 0.3 is 0 Å². The first-order valence-electron chi connectivity index (χ1n) is 9.66. The van der Waals surface area contributed by atoms with E-state index in [4.69, 9.17) is 4.74 Å². The van der Waals surface area contributed by atoms with E-state index in [0.717, 1.165) is 22.4 Å². The van der Waals surface area contributed by atoms with Crippen molar-refractivity contribution < 1.29 is 14.6 Å². The number of hydrogen-bond acceptors (Lipinski definition) is 4. The Morgan fingerprint density at radius 2 is 1.82 bits per heavy atom. The minimum absolute atomic E-state index is 0. The summed E-state index contributed by atoms with van der Waals surface area (Å²) in [6.07, 6.45) is 8.97. The Morgan fingerprint density at radius 1 is 1.11 bits per heavy atom. The van der Waals surface area contributed by atoms with Crippen molar-refractivity contribution in [3.05, 3.63) is 58.7 Å². The van der Waals surface area contributed by atoms with Crippen LogP contribution >= 0.6 is 12.4 Å². The number of ketones is 1. The maximum absolute atomic E-state index is 12.7. The van der Waals surface area contributed by atoms with E-state index < -0.39 is 0 Å². The standard InChI is InChI=1S/C23H25NO3.ClH/c1-27-22-13-16-12-17(23(26)20(16)14-21(22)25)11-15-7-9-19(10-8-15)24-18-5-3-2-4-6-18;/h7-11,13-14,18,24-25H,2-6,12H2,1H3;1H/b17-11+;. The van der Waals surface area contributed by atoms with Crippen LogP contribution < -0.4 is 10.1 Å². The first-order chi connectivity index (χ1) is 13.1. The number of phenolic OH excluding ortho intramolecular Hbond substituents is 1. The third kappa shape index (κ3) is 4.17. The minimum atomic E-state index is -0.0210. The largest absolute Gasteiger partial charge is 0.504 e. The van der Waals surface area contributed by atoms with Crippen LogP contribution in [0.15, 0.2) is 42.0 Å². The van der Waals surface area contributed by atoms with Crippen molar-refractivity contribution in [1.29, 1.82) is 0 Å². The number of fused-ring (bicyclic) bond motifs is 1. The summed E-state index contributed by atoms with van der Waals surface area (Å²) in [6, 6.07) is 12.1. The van der Waals surface area contributed by atoms with Crippen molar-refractivity contribution in [3.63, 3.8) is 0 Å². The summed E-state index contributed by atoms with van der Waals surface area (Å²) in [6.45, 7) is 0. The molecule has 1 saturated carbocycles. The number of ether oxygens (including phenoxy) is 1. The number of anilines is 1. The maximum Gasteiger partial charge on any atom is 0.189 e. The van der Waals surface area contributed by atoms with E-state index in [-0.39, 0.29) is 23.9 Å². The summed E-state index contributed by atoms with van der Waals surface area (Å²) in [5.41, 5.74) is 4.36. The van der Waals surface area contributed by atoms with Crippen LogP contribution in [0.5, 0.6) is 11.5 Å². The van der Waals surface area contributed by atoms with E-state index in [1.807, 2.05) is 18.2 Å². The lowest BCUT2D eigenvalue weighted by Gasteiger charge is -2.23. The van der Waals surface area contributed by atoms with E-state index in [0.29, 0.717) is 23.8 Å². The van der Waals surface area contributed by atoms with Crippen LogP contribution in [-0.4, -0.2) is 24.0 Å². The number of aromatic hydroxyl groups is 1. The Balaban J connectivity index is 0.00000225. The number of phenols is 1. The highest BCUT2D eigenvalue weighted by molar-refractivity contribution is 6.15. The van der Waals surface area contributed by atoms with E-state index in [2.05, 4.69) is 17.4 Å². The molecule has 2 aliphatic carbocycles. The second kappa shape index (κ2) is 8.70. The number of hydrogen-bond donors (Lipinski definition) is 2. The molecular weight excluding hydrogens is 374 g/mol. The van der Waals surface area contributed by atoms with Crippen molar-refractivity contribution in [3.8, 4) is 11.5 Å². The normalized spacial score (nSPS) is 17.9. The van der Waals surface area contributed by atoms with Gasteiger partial charge in [-0.25, -0.2) is 0 Å². The molecule has 1 fully saturated rings. The van der Waals surface area contributed by atoms with Gasteiger partial charge in [0.1, 0.15) is 0 Å². The molecule has 4 rings (SSSR count). The Hall–Kier alpha value is -2.46. The molecule has 0 heterocycles. The maximum atomic E-state index is 12.7. The molecule has 5 heteroatoms. The summed E-state index contributed by atoms with van der Waals surface area (Å²) in [5, 5.41) is 13.5. The molecule has 0 bridgehead atoms. The number of rotatable bonds is 4. The summed E-state index contributed by atoms with van der Waals surface area (Å²) in [4.78, 5) is 12.7. The SMILES string of the molecule is COc1cc2c(cc1O)C(=O)/C(=C/c1ccc(NC3CCCCC3)cc1)C2.Cl. The van der Waals surface area contributed by atoms with Gasteiger partial charge in [0.25, 0.3) is 0 Å². The van der Waals surface area contributed by atoms with E-state index in [1.165, 1.54) is 45.3 Å². The van der Waals surface area contributed by atoms with Crippen LogP contribution in [0.4, 0.5) is 5.69 Å². The van der Waals surface area contributed by atoms with Crippen molar-refractivity contribution in [2.45, 2.75) is 44.6 Å². The van der Waals surface area contributed by atoms with Gasteiger partial charge in [-0.1, -0.05) is 31.4 Å². The number of allylic oxidation sites excluding steroid dienone is 1. The minimum Gasteiger partial charge on any atom is -0.504 e. The van der Waals surface area contributed by atoms with Crippen molar-refractivity contribution in [2.75, 3.05) is 12.4 Å². The van der Waals surface area contributed by atoms with Gasteiger partial charge in [-0.3, -0.25) is 4.79 Å². The second-order valence-corrected chi connectivity index (χ2v) is 7.46. The van der Waals surface area contributed by atoms with E-state index in [9.17, 15) is 9.90 Å². The number of carbonyl (C=O) groups is 1. The molecule has 0 aromatic heterocycles. The molecule has 0 amide bonds. The van der Waals surface area contributed by atoms with Gasteiger partial charge < -0.3 is 15.2 Å². The lowest BCUT2D eigenvalue weighted by molar-refractivity contribution is 0.104. The molecule has 148 valence electrons. The van der Waals surface area contributed by atoms with Crippen LogP contribution in [-0.2, 0) is 6.42 Å². The molecule has 0 unspecified atom stereocenters. The molecule has 2 N–H and O–H groups in total. The fourth-order valence-electron chi connectivity index (χ4n) is 4.07. The number of Topliss-reactive ketones (excluding diaryl/α,β-unsaturated/α-hetero) is 1. The van der Waals surface area contributed by atoms with E-state index >= 15 is 0 Å². The lowest BCUT2D eigenvalue weighted by Crippen LogP contribution is -2.22. The summed E-state index contributed by atoms with van der Waals surface area (Å²) >= 11 is 0. The number of benzene rings is 2. The average molecular weight is 400 g/mol. The van der Waals surface area contributed by atoms with Crippen molar-refractivity contribution >= 4 is 30.0 Å². The predicted octanol–water partition coefficient (Wildman–Crippen LogP) is 5.39. The van der Waals surface area contributed by atoms with Crippen molar-refractivity contribution in [2.24, 2.45) is 0 Å². The number of halogens is 1. The highest BCUT2D eigenvalue weighted by atomic mass is 35.5. The third-order valence-corrected chi connectivity index (χ3v) is 5.55. The molecule has 0 aliphatic heterocycles.